The average Bonchev–Trinajstić information content (AvgIpc) is 2.96. The SMILES string of the molecule is Cc1[nH]ncc1CCCNC(=O)N1CCN2CCCC[C@H]2C1. The van der Waals surface area contributed by atoms with Crippen LogP contribution in [0, 0.1) is 6.92 Å². The number of nitrogens with one attached hydrogen (secondary N) is 2. The second-order valence-electron chi connectivity index (χ2n) is 6.49. The summed E-state index contributed by atoms with van der Waals surface area (Å²) in [6.07, 6.45) is 7.65. The predicted molar refractivity (Wildman–Crippen MR) is 85.8 cm³/mol. The molecule has 0 spiro atoms. The van der Waals surface area contributed by atoms with Crippen molar-refractivity contribution in [3.8, 4) is 0 Å². The van der Waals surface area contributed by atoms with E-state index in [1.165, 1.54) is 31.4 Å². The summed E-state index contributed by atoms with van der Waals surface area (Å²) >= 11 is 0. The standard InChI is InChI=1S/C16H27N5O/c1-13-14(11-18-19-13)5-4-7-17-16(22)21-10-9-20-8-3-2-6-15(20)12-21/h11,15H,2-10,12H2,1H3,(H,17,22)(H,18,19)/t15-/m0/s1. The molecule has 0 saturated carbocycles. The first kappa shape index (κ1) is 15.3. The molecule has 3 heterocycles. The van der Waals surface area contributed by atoms with Gasteiger partial charge in [-0.05, 0) is 44.7 Å². The van der Waals surface area contributed by atoms with Crippen LogP contribution in [0.25, 0.3) is 0 Å². The summed E-state index contributed by atoms with van der Waals surface area (Å²) in [7, 11) is 0. The van der Waals surface area contributed by atoms with Gasteiger partial charge in [0.15, 0.2) is 0 Å². The number of piperazine rings is 1. The Hall–Kier alpha value is -1.56. The van der Waals surface area contributed by atoms with Gasteiger partial charge in [0.25, 0.3) is 0 Å². The van der Waals surface area contributed by atoms with Crippen molar-refractivity contribution in [1.82, 2.24) is 25.3 Å². The van der Waals surface area contributed by atoms with E-state index in [0.29, 0.717) is 6.04 Å². The van der Waals surface area contributed by atoms with Gasteiger partial charge in [-0.1, -0.05) is 6.42 Å². The number of hydrogen-bond donors (Lipinski definition) is 2. The zero-order chi connectivity index (χ0) is 15.4. The summed E-state index contributed by atoms with van der Waals surface area (Å²) in [4.78, 5) is 16.8. The molecule has 2 amide bonds. The maximum atomic E-state index is 12.3. The average molecular weight is 305 g/mol. The normalized spacial score (nSPS) is 22.4. The van der Waals surface area contributed by atoms with Crippen molar-refractivity contribution < 1.29 is 4.79 Å². The van der Waals surface area contributed by atoms with Gasteiger partial charge in [-0.3, -0.25) is 10.00 Å². The first-order valence-electron chi connectivity index (χ1n) is 8.49. The molecular weight excluding hydrogens is 278 g/mol. The maximum absolute atomic E-state index is 12.3. The highest BCUT2D eigenvalue weighted by Gasteiger charge is 2.30. The molecule has 6 heteroatoms. The number of aromatic nitrogens is 2. The Kier molecular flexibility index (Phi) is 4.97. The number of urea groups is 1. The number of rotatable bonds is 4. The topological polar surface area (TPSA) is 64.3 Å². The molecule has 2 aliphatic rings. The molecule has 0 bridgehead atoms. The molecule has 0 aromatic carbocycles. The lowest BCUT2D eigenvalue weighted by molar-refractivity contribution is 0.0644. The van der Waals surface area contributed by atoms with E-state index in [2.05, 4.69) is 20.4 Å². The highest BCUT2D eigenvalue weighted by atomic mass is 16.2. The van der Waals surface area contributed by atoms with E-state index in [0.717, 1.165) is 44.7 Å². The van der Waals surface area contributed by atoms with Crippen molar-refractivity contribution >= 4 is 6.03 Å². The predicted octanol–water partition coefficient (Wildman–Crippen LogP) is 1.53. The Morgan fingerprint density at radius 1 is 1.41 bits per heavy atom. The smallest absolute Gasteiger partial charge is 0.317 e. The van der Waals surface area contributed by atoms with Gasteiger partial charge in [0, 0.05) is 37.9 Å². The number of nitrogens with zero attached hydrogens (tertiary/aromatic N) is 3. The fourth-order valence-corrected chi connectivity index (χ4v) is 3.55. The summed E-state index contributed by atoms with van der Waals surface area (Å²) in [5, 5.41) is 10.0. The molecular formula is C16H27N5O. The zero-order valence-electron chi connectivity index (χ0n) is 13.5. The van der Waals surface area contributed by atoms with E-state index in [4.69, 9.17) is 0 Å². The van der Waals surface area contributed by atoms with Crippen LogP contribution in [0.1, 0.15) is 36.9 Å². The van der Waals surface area contributed by atoms with Crippen molar-refractivity contribution in [2.24, 2.45) is 0 Å². The molecule has 6 nitrogen and oxygen atoms in total. The Morgan fingerprint density at radius 3 is 3.14 bits per heavy atom. The molecule has 2 N–H and O–H groups in total. The van der Waals surface area contributed by atoms with Crippen molar-refractivity contribution in [2.75, 3.05) is 32.7 Å². The van der Waals surface area contributed by atoms with Crippen LogP contribution in [0.15, 0.2) is 6.20 Å². The summed E-state index contributed by atoms with van der Waals surface area (Å²) in [6.45, 7) is 6.77. The molecule has 0 unspecified atom stereocenters. The van der Waals surface area contributed by atoms with E-state index >= 15 is 0 Å². The summed E-state index contributed by atoms with van der Waals surface area (Å²) in [5.74, 6) is 0. The van der Waals surface area contributed by atoms with Gasteiger partial charge in [-0.15, -0.1) is 0 Å². The molecule has 122 valence electrons. The van der Waals surface area contributed by atoms with Gasteiger partial charge < -0.3 is 10.2 Å². The van der Waals surface area contributed by atoms with E-state index in [1.54, 1.807) is 0 Å². The fraction of sp³-hybridized carbons (Fsp3) is 0.750. The number of piperidine rings is 1. The van der Waals surface area contributed by atoms with Crippen LogP contribution in [0.3, 0.4) is 0 Å². The minimum atomic E-state index is 0.106. The molecule has 22 heavy (non-hydrogen) atoms. The van der Waals surface area contributed by atoms with Gasteiger partial charge in [-0.2, -0.15) is 5.10 Å². The third-order valence-electron chi connectivity index (χ3n) is 4.96. The van der Waals surface area contributed by atoms with Crippen molar-refractivity contribution in [1.29, 1.82) is 0 Å². The number of carbonyl (C=O) groups excluding carboxylic acids is 1. The number of carbonyl (C=O) groups is 1. The number of fused-ring (bicyclic) bond motifs is 1. The van der Waals surface area contributed by atoms with Crippen LogP contribution in [-0.2, 0) is 6.42 Å². The maximum Gasteiger partial charge on any atom is 0.317 e. The summed E-state index contributed by atoms with van der Waals surface area (Å²) in [5.41, 5.74) is 2.37. The van der Waals surface area contributed by atoms with Crippen molar-refractivity contribution in [3.63, 3.8) is 0 Å². The Labute approximate surface area is 132 Å². The van der Waals surface area contributed by atoms with Crippen molar-refractivity contribution in [3.05, 3.63) is 17.5 Å². The lowest BCUT2D eigenvalue weighted by Crippen LogP contribution is -2.58. The lowest BCUT2D eigenvalue weighted by atomic mass is 10.00. The minimum Gasteiger partial charge on any atom is -0.338 e. The Balaban J connectivity index is 1.38. The highest BCUT2D eigenvalue weighted by Crippen LogP contribution is 2.20. The van der Waals surface area contributed by atoms with Gasteiger partial charge >= 0.3 is 6.03 Å². The zero-order valence-corrected chi connectivity index (χ0v) is 13.5. The number of aromatic amines is 1. The Bertz CT molecular complexity index is 500. The highest BCUT2D eigenvalue weighted by molar-refractivity contribution is 5.74. The first-order valence-corrected chi connectivity index (χ1v) is 8.49. The quantitative estimate of drug-likeness (QED) is 0.829. The number of hydrogen-bond acceptors (Lipinski definition) is 3. The van der Waals surface area contributed by atoms with Crippen LogP contribution >= 0.6 is 0 Å². The number of aryl methyl sites for hydroxylation is 2. The number of H-pyrrole nitrogens is 1. The molecule has 2 saturated heterocycles. The molecule has 0 aliphatic carbocycles. The molecule has 1 aromatic heterocycles. The van der Waals surface area contributed by atoms with Crippen LogP contribution in [-0.4, -0.2) is 64.8 Å². The van der Waals surface area contributed by atoms with Crippen LogP contribution in [0.5, 0.6) is 0 Å². The van der Waals surface area contributed by atoms with Crippen LogP contribution < -0.4 is 5.32 Å². The van der Waals surface area contributed by atoms with E-state index in [-0.39, 0.29) is 6.03 Å². The Morgan fingerprint density at radius 2 is 2.32 bits per heavy atom. The van der Waals surface area contributed by atoms with Crippen molar-refractivity contribution in [2.45, 2.75) is 45.1 Å². The second-order valence-corrected chi connectivity index (χ2v) is 6.49. The molecule has 3 rings (SSSR count). The van der Waals surface area contributed by atoms with Gasteiger partial charge in [0.05, 0.1) is 6.20 Å². The molecule has 1 atom stereocenters. The number of amides is 2. The summed E-state index contributed by atoms with van der Waals surface area (Å²) in [6, 6.07) is 0.691. The molecule has 2 fully saturated rings. The van der Waals surface area contributed by atoms with Crippen LogP contribution in [0.2, 0.25) is 0 Å². The molecule has 2 aliphatic heterocycles. The van der Waals surface area contributed by atoms with E-state index in [9.17, 15) is 4.79 Å². The monoisotopic (exact) mass is 305 g/mol. The third kappa shape index (κ3) is 3.61. The second kappa shape index (κ2) is 7.13. The van der Waals surface area contributed by atoms with Gasteiger partial charge in [0.1, 0.15) is 0 Å². The van der Waals surface area contributed by atoms with E-state index in [1.807, 2.05) is 18.0 Å². The van der Waals surface area contributed by atoms with Gasteiger partial charge in [0.2, 0.25) is 0 Å². The first-order chi connectivity index (χ1) is 10.7. The lowest BCUT2D eigenvalue weighted by Gasteiger charge is -2.43. The summed E-state index contributed by atoms with van der Waals surface area (Å²) < 4.78 is 0. The molecule has 0 radical (unpaired) electrons. The van der Waals surface area contributed by atoms with Gasteiger partial charge in [-0.25, -0.2) is 4.79 Å². The largest absolute Gasteiger partial charge is 0.338 e. The third-order valence-corrected chi connectivity index (χ3v) is 4.96. The minimum absolute atomic E-state index is 0.106. The van der Waals surface area contributed by atoms with Crippen LogP contribution in [0.4, 0.5) is 4.79 Å². The molecule has 1 aromatic rings. The fourth-order valence-electron chi connectivity index (χ4n) is 3.55. The van der Waals surface area contributed by atoms with E-state index < -0.39 is 0 Å².